The Morgan fingerprint density at radius 3 is 2.63 bits per heavy atom. The lowest BCUT2D eigenvalue weighted by atomic mass is 9.54. The minimum Gasteiger partial charge on any atom is -0.378 e. The zero-order chi connectivity index (χ0) is 14.0. The molecular formula is C14H27ClN2O2. The van der Waals surface area contributed by atoms with E-state index in [1.807, 2.05) is 27.7 Å². The van der Waals surface area contributed by atoms with Crippen molar-refractivity contribution in [3.05, 3.63) is 12.7 Å². The number of nitrogens with two attached hydrogens (primary N) is 1. The summed E-state index contributed by atoms with van der Waals surface area (Å²) < 4.78 is 5.61. The standard InChI is InChI=1S/C14H26N2O2.ClH/c1-6-8-10(3)16-12(17)14(15)9-11(18-7-2)13(14,4)5;/h6,10-11H,1,7-9,15H2,2-5H3,(H,16,17);1H. The molecule has 19 heavy (non-hydrogen) atoms. The summed E-state index contributed by atoms with van der Waals surface area (Å²) in [6.45, 7) is 12.2. The Balaban J connectivity index is 0.00000324. The highest BCUT2D eigenvalue weighted by Crippen LogP contribution is 2.49. The average Bonchev–Trinajstić information content (AvgIpc) is 2.28. The summed E-state index contributed by atoms with van der Waals surface area (Å²) in [5, 5.41) is 2.95. The summed E-state index contributed by atoms with van der Waals surface area (Å²) in [6.07, 6.45) is 3.19. The Hall–Kier alpha value is -0.580. The Kier molecular flexibility index (Phi) is 6.52. The van der Waals surface area contributed by atoms with Crippen LogP contribution < -0.4 is 11.1 Å². The van der Waals surface area contributed by atoms with E-state index in [0.29, 0.717) is 13.0 Å². The molecule has 1 aliphatic rings. The molecule has 0 radical (unpaired) electrons. The van der Waals surface area contributed by atoms with Gasteiger partial charge in [-0.05, 0) is 20.3 Å². The molecule has 0 aromatic carbocycles. The van der Waals surface area contributed by atoms with Gasteiger partial charge < -0.3 is 15.8 Å². The van der Waals surface area contributed by atoms with Gasteiger partial charge in [0.2, 0.25) is 5.91 Å². The quantitative estimate of drug-likeness (QED) is 0.736. The van der Waals surface area contributed by atoms with Gasteiger partial charge in [0, 0.05) is 24.5 Å². The van der Waals surface area contributed by atoms with Crippen molar-refractivity contribution in [1.29, 1.82) is 0 Å². The highest BCUT2D eigenvalue weighted by molar-refractivity contribution is 5.89. The largest absolute Gasteiger partial charge is 0.378 e. The van der Waals surface area contributed by atoms with E-state index in [9.17, 15) is 4.79 Å². The molecule has 3 unspecified atom stereocenters. The maximum absolute atomic E-state index is 12.3. The van der Waals surface area contributed by atoms with Gasteiger partial charge in [-0.1, -0.05) is 19.9 Å². The van der Waals surface area contributed by atoms with Gasteiger partial charge in [-0.15, -0.1) is 19.0 Å². The van der Waals surface area contributed by atoms with Crippen LogP contribution in [0.25, 0.3) is 0 Å². The van der Waals surface area contributed by atoms with E-state index >= 15 is 0 Å². The van der Waals surface area contributed by atoms with Crippen molar-refractivity contribution in [3.8, 4) is 0 Å². The predicted molar refractivity (Wildman–Crippen MR) is 80.4 cm³/mol. The molecule has 1 fully saturated rings. The third-order valence-corrected chi connectivity index (χ3v) is 4.13. The van der Waals surface area contributed by atoms with Crippen molar-refractivity contribution >= 4 is 18.3 Å². The van der Waals surface area contributed by atoms with Gasteiger partial charge in [-0.25, -0.2) is 0 Å². The van der Waals surface area contributed by atoms with Crippen LogP contribution in [-0.2, 0) is 9.53 Å². The van der Waals surface area contributed by atoms with Gasteiger partial charge in [0.1, 0.15) is 5.54 Å². The van der Waals surface area contributed by atoms with E-state index < -0.39 is 5.54 Å². The second-order valence-electron chi connectivity index (χ2n) is 5.74. The molecule has 1 aliphatic carbocycles. The van der Waals surface area contributed by atoms with Crippen LogP contribution in [0.5, 0.6) is 0 Å². The second-order valence-corrected chi connectivity index (χ2v) is 5.74. The highest BCUT2D eigenvalue weighted by Gasteiger charge is 2.62. The lowest BCUT2D eigenvalue weighted by Gasteiger charge is -2.57. The first-order valence-corrected chi connectivity index (χ1v) is 6.62. The van der Waals surface area contributed by atoms with E-state index in [1.54, 1.807) is 6.08 Å². The first-order valence-electron chi connectivity index (χ1n) is 6.62. The average molecular weight is 291 g/mol. The minimum absolute atomic E-state index is 0. The Bertz CT molecular complexity index is 333. The number of hydrogen-bond donors (Lipinski definition) is 2. The van der Waals surface area contributed by atoms with Crippen molar-refractivity contribution in [2.75, 3.05) is 6.61 Å². The lowest BCUT2D eigenvalue weighted by molar-refractivity contribution is -0.171. The van der Waals surface area contributed by atoms with E-state index in [-0.39, 0.29) is 35.9 Å². The van der Waals surface area contributed by atoms with Crippen molar-refractivity contribution < 1.29 is 9.53 Å². The van der Waals surface area contributed by atoms with E-state index in [0.717, 1.165) is 6.42 Å². The summed E-state index contributed by atoms with van der Waals surface area (Å²) in [7, 11) is 0. The highest BCUT2D eigenvalue weighted by atomic mass is 35.5. The summed E-state index contributed by atoms with van der Waals surface area (Å²) >= 11 is 0. The Labute approximate surface area is 122 Å². The van der Waals surface area contributed by atoms with Crippen molar-refractivity contribution in [3.63, 3.8) is 0 Å². The first-order chi connectivity index (χ1) is 8.29. The van der Waals surface area contributed by atoms with Gasteiger partial charge in [-0.2, -0.15) is 0 Å². The first kappa shape index (κ1) is 18.4. The SMILES string of the molecule is C=CCC(C)NC(=O)C1(N)CC(OCC)C1(C)C.Cl. The number of halogens is 1. The molecule has 4 nitrogen and oxygen atoms in total. The molecule has 3 N–H and O–H groups in total. The topological polar surface area (TPSA) is 64.4 Å². The number of amides is 1. The molecule has 0 aromatic rings. The maximum atomic E-state index is 12.3. The summed E-state index contributed by atoms with van der Waals surface area (Å²) in [5.41, 5.74) is 5.11. The molecular weight excluding hydrogens is 264 g/mol. The fraction of sp³-hybridized carbons (Fsp3) is 0.786. The van der Waals surface area contributed by atoms with Crippen molar-refractivity contribution in [1.82, 2.24) is 5.32 Å². The molecule has 1 saturated carbocycles. The van der Waals surface area contributed by atoms with Crippen LogP contribution in [0.2, 0.25) is 0 Å². The summed E-state index contributed by atoms with van der Waals surface area (Å²) in [6, 6.07) is 0.0670. The monoisotopic (exact) mass is 290 g/mol. The number of carbonyl (C=O) groups excluding carboxylic acids is 1. The number of rotatable bonds is 6. The summed E-state index contributed by atoms with van der Waals surface area (Å²) in [4.78, 5) is 12.3. The smallest absolute Gasteiger partial charge is 0.241 e. The molecule has 0 aromatic heterocycles. The molecule has 0 aliphatic heterocycles. The fourth-order valence-corrected chi connectivity index (χ4v) is 2.48. The van der Waals surface area contributed by atoms with E-state index in [1.165, 1.54) is 0 Å². The van der Waals surface area contributed by atoms with Crippen LogP contribution in [0, 0.1) is 5.41 Å². The van der Waals surface area contributed by atoms with Crippen LogP contribution >= 0.6 is 12.4 Å². The molecule has 0 saturated heterocycles. The van der Waals surface area contributed by atoms with E-state index in [4.69, 9.17) is 10.5 Å². The molecule has 0 spiro atoms. The zero-order valence-electron chi connectivity index (χ0n) is 12.4. The molecule has 1 rings (SSSR count). The van der Waals surface area contributed by atoms with Gasteiger partial charge in [0.25, 0.3) is 0 Å². The Morgan fingerprint density at radius 1 is 1.63 bits per heavy atom. The van der Waals surface area contributed by atoms with Crippen LogP contribution in [0.15, 0.2) is 12.7 Å². The second kappa shape index (κ2) is 6.73. The van der Waals surface area contributed by atoms with Gasteiger partial charge in [0.15, 0.2) is 0 Å². The van der Waals surface area contributed by atoms with E-state index in [2.05, 4.69) is 11.9 Å². The third kappa shape index (κ3) is 3.30. The fourth-order valence-electron chi connectivity index (χ4n) is 2.48. The Morgan fingerprint density at radius 2 is 2.21 bits per heavy atom. The van der Waals surface area contributed by atoms with Crippen molar-refractivity contribution in [2.24, 2.45) is 11.1 Å². The van der Waals surface area contributed by atoms with Crippen LogP contribution in [-0.4, -0.2) is 30.2 Å². The predicted octanol–water partition coefficient (Wildman–Crippen LogP) is 2.02. The van der Waals surface area contributed by atoms with Crippen LogP contribution in [0.1, 0.15) is 40.5 Å². The molecule has 0 heterocycles. The maximum Gasteiger partial charge on any atom is 0.241 e. The summed E-state index contributed by atoms with van der Waals surface area (Å²) in [5.74, 6) is -0.0854. The molecule has 5 heteroatoms. The molecule has 0 bridgehead atoms. The van der Waals surface area contributed by atoms with Crippen LogP contribution in [0.4, 0.5) is 0 Å². The van der Waals surface area contributed by atoms with Gasteiger partial charge >= 0.3 is 0 Å². The van der Waals surface area contributed by atoms with Crippen LogP contribution in [0.3, 0.4) is 0 Å². The van der Waals surface area contributed by atoms with Gasteiger partial charge in [-0.3, -0.25) is 4.79 Å². The number of nitrogens with one attached hydrogen (secondary N) is 1. The lowest BCUT2D eigenvalue weighted by Crippen LogP contribution is -2.76. The van der Waals surface area contributed by atoms with Crippen molar-refractivity contribution in [2.45, 2.75) is 58.2 Å². The number of hydrogen-bond acceptors (Lipinski definition) is 3. The molecule has 112 valence electrons. The van der Waals surface area contributed by atoms with Gasteiger partial charge in [0.05, 0.1) is 6.10 Å². The molecule has 1 amide bonds. The number of ether oxygens (including phenoxy) is 1. The third-order valence-electron chi connectivity index (χ3n) is 4.13. The number of carbonyl (C=O) groups is 1. The minimum atomic E-state index is -0.831. The molecule has 3 atom stereocenters. The normalized spacial score (nSPS) is 29.6. The zero-order valence-corrected chi connectivity index (χ0v) is 13.2.